The Hall–Kier alpha value is -2.66. The fourth-order valence-electron chi connectivity index (χ4n) is 5.21. The van der Waals surface area contributed by atoms with Crippen LogP contribution in [0.5, 0.6) is 0 Å². The van der Waals surface area contributed by atoms with Crippen LogP contribution in [0.15, 0.2) is 24.3 Å². The van der Waals surface area contributed by atoms with E-state index in [0.717, 1.165) is 44.5 Å². The van der Waals surface area contributed by atoms with E-state index in [2.05, 4.69) is 12.1 Å². The van der Waals surface area contributed by atoms with Gasteiger partial charge in [0.05, 0.1) is 0 Å². The maximum atomic E-state index is 13.6. The Kier molecular flexibility index (Phi) is 7.01. The van der Waals surface area contributed by atoms with E-state index in [9.17, 15) is 14.7 Å². The van der Waals surface area contributed by atoms with Crippen LogP contribution in [-0.4, -0.2) is 28.9 Å². The number of carboxylic acids is 1. The Morgan fingerprint density at radius 3 is 1.74 bits per heavy atom. The van der Waals surface area contributed by atoms with Gasteiger partial charge in [0.25, 0.3) is 0 Å². The summed E-state index contributed by atoms with van der Waals surface area (Å²) in [5.74, 6) is -2.76. The fourth-order valence-corrected chi connectivity index (χ4v) is 5.21. The minimum atomic E-state index is -1.63. The second-order valence-electron chi connectivity index (χ2n) is 11.1. The molecule has 5 heteroatoms. The van der Waals surface area contributed by atoms with Gasteiger partial charge in [-0.3, -0.25) is 4.79 Å². The Morgan fingerprint density at radius 2 is 1.35 bits per heavy atom. The van der Waals surface area contributed by atoms with E-state index in [-0.39, 0.29) is 12.8 Å². The molecule has 2 aromatic rings. The van der Waals surface area contributed by atoms with E-state index in [0.29, 0.717) is 0 Å². The standard InChI is InChI=1S/C29H38O5/c1-16-10-18(3)22(19(4)11-16)14-24(25(30)31)29(26(32)33-27(34-29)28(7,8)9)15-23-20(5)12-17(2)13-21(23)6/h10-13,24,27H,14-15H2,1-9H3,(H,30,31)/t24-,27+,29-/m0/s1. The Morgan fingerprint density at radius 1 is 0.912 bits per heavy atom. The van der Waals surface area contributed by atoms with Crippen LogP contribution in [0.4, 0.5) is 0 Å². The molecule has 0 bridgehead atoms. The van der Waals surface area contributed by atoms with Gasteiger partial charge in [0.1, 0.15) is 5.92 Å². The summed E-state index contributed by atoms with van der Waals surface area (Å²) in [6.07, 6.45) is -0.492. The lowest BCUT2D eigenvalue weighted by Crippen LogP contribution is -2.51. The molecule has 1 N–H and O–H groups in total. The maximum Gasteiger partial charge on any atom is 0.342 e. The van der Waals surface area contributed by atoms with E-state index in [4.69, 9.17) is 9.47 Å². The normalized spacial score (nSPS) is 21.4. The number of benzene rings is 2. The monoisotopic (exact) mass is 466 g/mol. The number of carboxylic acid groups (broad SMARTS) is 1. The molecule has 3 atom stereocenters. The molecule has 1 aliphatic heterocycles. The molecule has 0 spiro atoms. The topological polar surface area (TPSA) is 72.8 Å². The van der Waals surface area contributed by atoms with Crippen molar-refractivity contribution in [2.24, 2.45) is 11.3 Å². The highest BCUT2D eigenvalue weighted by Crippen LogP contribution is 2.43. The highest BCUT2D eigenvalue weighted by atomic mass is 16.8. The third kappa shape index (κ3) is 4.90. The zero-order valence-corrected chi connectivity index (χ0v) is 22.0. The third-order valence-electron chi connectivity index (χ3n) is 6.97. The molecule has 0 unspecified atom stereocenters. The lowest BCUT2D eigenvalue weighted by molar-refractivity contribution is -0.173. The molecule has 34 heavy (non-hydrogen) atoms. The van der Waals surface area contributed by atoms with Crippen molar-refractivity contribution in [3.8, 4) is 0 Å². The zero-order valence-electron chi connectivity index (χ0n) is 22.0. The molecule has 0 aromatic heterocycles. The van der Waals surface area contributed by atoms with Crippen LogP contribution < -0.4 is 0 Å². The molecule has 0 saturated carbocycles. The van der Waals surface area contributed by atoms with Crippen molar-refractivity contribution in [1.29, 1.82) is 0 Å². The maximum absolute atomic E-state index is 13.6. The summed E-state index contributed by atoms with van der Waals surface area (Å²) in [5, 5.41) is 10.5. The van der Waals surface area contributed by atoms with Crippen LogP contribution in [0.1, 0.15) is 65.3 Å². The van der Waals surface area contributed by atoms with Gasteiger partial charge in [0.2, 0.25) is 6.29 Å². The van der Waals surface area contributed by atoms with Crippen LogP contribution in [0.3, 0.4) is 0 Å². The van der Waals surface area contributed by atoms with Crippen molar-refractivity contribution in [1.82, 2.24) is 0 Å². The van der Waals surface area contributed by atoms with Crippen LogP contribution in [-0.2, 0) is 31.9 Å². The minimum Gasteiger partial charge on any atom is -0.481 e. The van der Waals surface area contributed by atoms with E-state index >= 15 is 0 Å². The van der Waals surface area contributed by atoms with Gasteiger partial charge in [0.15, 0.2) is 5.60 Å². The van der Waals surface area contributed by atoms with E-state index < -0.39 is 35.2 Å². The molecular weight excluding hydrogens is 428 g/mol. The molecule has 0 amide bonds. The van der Waals surface area contributed by atoms with Crippen LogP contribution in [0.2, 0.25) is 0 Å². The van der Waals surface area contributed by atoms with E-state index in [1.807, 2.05) is 74.4 Å². The molecule has 1 fully saturated rings. The number of hydrogen-bond acceptors (Lipinski definition) is 4. The van der Waals surface area contributed by atoms with Gasteiger partial charge < -0.3 is 14.6 Å². The molecule has 3 rings (SSSR count). The summed E-state index contributed by atoms with van der Waals surface area (Å²) in [5.41, 5.74) is 6.04. The van der Waals surface area contributed by atoms with Crippen molar-refractivity contribution >= 4 is 11.9 Å². The number of hydrogen-bond donors (Lipinski definition) is 1. The average Bonchev–Trinajstić information content (AvgIpc) is 3.01. The van der Waals surface area contributed by atoms with Crippen molar-refractivity contribution < 1.29 is 24.2 Å². The summed E-state index contributed by atoms with van der Waals surface area (Å²) in [6.45, 7) is 17.8. The largest absolute Gasteiger partial charge is 0.481 e. The van der Waals surface area contributed by atoms with Crippen LogP contribution in [0.25, 0.3) is 0 Å². The molecule has 1 saturated heterocycles. The van der Waals surface area contributed by atoms with Gasteiger partial charge in [-0.25, -0.2) is 4.79 Å². The number of aryl methyl sites for hydroxylation is 6. The number of aliphatic carboxylic acids is 1. The number of esters is 1. The Labute approximate surface area is 203 Å². The number of carbonyl (C=O) groups excluding carboxylic acids is 1. The molecule has 184 valence electrons. The quantitative estimate of drug-likeness (QED) is 0.552. The first-order valence-electron chi connectivity index (χ1n) is 11.9. The zero-order chi connectivity index (χ0) is 25.6. The van der Waals surface area contributed by atoms with Crippen molar-refractivity contribution in [2.45, 2.75) is 87.0 Å². The summed E-state index contributed by atoms with van der Waals surface area (Å²) in [6, 6.07) is 8.21. The van der Waals surface area contributed by atoms with Crippen LogP contribution >= 0.6 is 0 Å². The van der Waals surface area contributed by atoms with E-state index in [1.54, 1.807) is 0 Å². The Balaban J connectivity index is 2.18. The van der Waals surface area contributed by atoms with Crippen molar-refractivity contribution in [3.05, 3.63) is 68.8 Å². The van der Waals surface area contributed by atoms with Gasteiger partial charge in [0, 0.05) is 11.8 Å². The number of cyclic esters (lactones) is 1. The lowest BCUT2D eigenvalue weighted by atomic mass is 9.75. The second-order valence-corrected chi connectivity index (χ2v) is 11.1. The highest BCUT2D eigenvalue weighted by Gasteiger charge is 2.60. The molecule has 1 heterocycles. The predicted molar refractivity (Wildman–Crippen MR) is 133 cm³/mol. The summed E-state index contributed by atoms with van der Waals surface area (Å²) in [7, 11) is 0. The average molecular weight is 467 g/mol. The SMILES string of the molecule is Cc1cc(C)c(C[C@@H](C(=O)O)[C@]2(Cc3c(C)cc(C)cc3C)O[C@H](C(C)(C)C)OC2=O)c(C)c1. The Bertz CT molecular complexity index is 1080. The second kappa shape index (κ2) is 9.18. The minimum absolute atomic E-state index is 0.150. The van der Waals surface area contributed by atoms with Crippen molar-refractivity contribution in [2.75, 3.05) is 0 Å². The third-order valence-corrected chi connectivity index (χ3v) is 6.97. The molecule has 1 aliphatic rings. The lowest BCUT2D eigenvalue weighted by Gasteiger charge is -2.34. The first kappa shape index (κ1) is 26.0. The highest BCUT2D eigenvalue weighted by molar-refractivity contribution is 5.89. The van der Waals surface area contributed by atoms with Crippen LogP contribution in [0, 0.1) is 52.9 Å². The van der Waals surface area contributed by atoms with Gasteiger partial charge >= 0.3 is 11.9 Å². The summed E-state index contributed by atoms with van der Waals surface area (Å²) < 4.78 is 12.2. The number of rotatable bonds is 6. The smallest absolute Gasteiger partial charge is 0.342 e. The fraction of sp³-hybridized carbons (Fsp3) is 0.517. The predicted octanol–water partition coefficient (Wildman–Crippen LogP) is 5.71. The summed E-state index contributed by atoms with van der Waals surface area (Å²) in [4.78, 5) is 26.4. The molecule has 5 nitrogen and oxygen atoms in total. The number of ether oxygens (including phenoxy) is 2. The first-order valence-corrected chi connectivity index (χ1v) is 11.9. The summed E-state index contributed by atoms with van der Waals surface area (Å²) >= 11 is 0. The first-order chi connectivity index (χ1) is 15.7. The van der Waals surface area contributed by atoms with Gasteiger partial charge in [-0.05, 0) is 81.3 Å². The van der Waals surface area contributed by atoms with Gasteiger partial charge in [-0.2, -0.15) is 0 Å². The molecule has 0 radical (unpaired) electrons. The van der Waals surface area contributed by atoms with Gasteiger partial charge in [-0.15, -0.1) is 0 Å². The van der Waals surface area contributed by atoms with Gasteiger partial charge in [-0.1, -0.05) is 56.2 Å². The van der Waals surface area contributed by atoms with Crippen molar-refractivity contribution in [3.63, 3.8) is 0 Å². The molecule has 2 aromatic carbocycles. The van der Waals surface area contributed by atoms with E-state index in [1.165, 1.54) is 0 Å². The molecule has 0 aliphatic carbocycles. The molecular formula is C29H38O5. The number of carbonyl (C=O) groups is 2.